The molecule has 0 aliphatic heterocycles. The van der Waals surface area contributed by atoms with Gasteiger partial charge in [-0.15, -0.1) is 0 Å². The highest BCUT2D eigenvalue weighted by Crippen LogP contribution is 2.03. The van der Waals surface area contributed by atoms with Crippen LogP contribution in [-0.4, -0.2) is 46.1 Å². The summed E-state index contributed by atoms with van der Waals surface area (Å²) < 4.78 is 0. The molecular weight excluding hydrogens is 246 g/mol. The maximum atomic E-state index is 11.8. The third-order valence-corrected chi connectivity index (χ3v) is 2.73. The number of urea groups is 1. The summed E-state index contributed by atoms with van der Waals surface area (Å²) in [5, 5.41) is 11.4. The molecule has 2 amide bonds. The number of carbonyl (C=O) groups is 2. The fourth-order valence-corrected chi connectivity index (χ4v) is 1.35. The van der Waals surface area contributed by atoms with Crippen molar-refractivity contribution in [2.24, 2.45) is 0 Å². The lowest BCUT2D eigenvalue weighted by atomic mass is 10.1. The minimum absolute atomic E-state index is 0.414. The van der Waals surface area contributed by atoms with E-state index in [2.05, 4.69) is 10.3 Å². The average Bonchev–Trinajstić information content (AvgIpc) is 2.36. The highest BCUT2D eigenvalue weighted by Gasteiger charge is 2.29. The molecule has 2 N–H and O–H groups in total. The molecule has 0 bridgehead atoms. The molecule has 6 heteroatoms. The van der Waals surface area contributed by atoms with Gasteiger partial charge in [-0.3, -0.25) is 4.98 Å². The lowest BCUT2D eigenvalue weighted by molar-refractivity contribution is -0.143. The van der Waals surface area contributed by atoms with Crippen LogP contribution in [0.25, 0.3) is 0 Å². The van der Waals surface area contributed by atoms with E-state index in [1.54, 1.807) is 13.2 Å². The number of nitrogens with one attached hydrogen (secondary N) is 1. The van der Waals surface area contributed by atoms with Crippen LogP contribution in [0.5, 0.6) is 0 Å². The molecule has 0 spiro atoms. The van der Waals surface area contributed by atoms with Gasteiger partial charge in [-0.25, -0.2) is 9.59 Å². The van der Waals surface area contributed by atoms with Crippen molar-refractivity contribution < 1.29 is 14.7 Å². The first kappa shape index (κ1) is 14.9. The second-order valence-electron chi connectivity index (χ2n) is 4.85. The predicted molar refractivity (Wildman–Crippen MR) is 70.8 cm³/mol. The number of hydrogen-bond donors (Lipinski definition) is 2. The Kier molecular flexibility index (Phi) is 4.86. The monoisotopic (exact) mass is 265 g/mol. The summed E-state index contributed by atoms with van der Waals surface area (Å²) in [4.78, 5) is 28.3. The van der Waals surface area contributed by atoms with Gasteiger partial charge >= 0.3 is 12.0 Å². The number of hydrogen-bond acceptors (Lipinski definition) is 3. The zero-order valence-corrected chi connectivity index (χ0v) is 11.4. The molecule has 0 unspecified atom stereocenters. The molecule has 19 heavy (non-hydrogen) atoms. The van der Waals surface area contributed by atoms with E-state index in [9.17, 15) is 9.59 Å². The Morgan fingerprint density at radius 3 is 2.63 bits per heavy atom. The Labute approximate surface area is 112 Å². The number of carbonyl (C=O) groups excluding carboxylic acids is 1. The average molecular weight is 265 g/mol. The zero-order valence-electron chi connectivity index (χ0n) is 11.4. The first-order valence-corrected chi connectivity index (χ1v) is 5.99. The molecule has 0 atom stereocenters. The number of carboxylic acid groups (broad SMARTS) is 1. The summed E-state index contributed by atoms with van der Waals surface area (Å²) >= 11 is 0. The van der Waals surface area contributed by atoms with E-state index in [4.69, 9.17) is 5.11 Å². The third-order valence-electron chi connectivity index (χ3n) is 2.73. The first-order valence-electron chi connectivity index (χ1n) is 5.99. The van der Waals surface area contributed by atoms with Gasteiger partial charge in [0.15, 0.2) is 0 Å². The maximum absolute atomic E-state index is 11.8. The van der Waals surface area contributed by atoms with Gasteiger partial charge in [-0.1, -0.05) is 6.07 Å². The van der Waals surface area contributed by atoms with Crippen molar-refractivity contribution in [2.75, 3.05) is 13.6 Å². The van der Waals surface area contributed by atoms with Crippen LogP contribution in [0.4, 0.5) is 4.79 Å². The number of carboxylic acids is 1. The van der Waals surface area contributed by atoms with Crippen LogP contribution in [0.1, 0.15) is 19.5 Å². The number of pyridine rings is 1. The normalized spacial score (nSPS) is 10.9. The molecule has 0 saturated heterocycles. The van der Waals surface area contributed by atoms with Crippen LogP contribution in [0.3, 0.4) is 0 Å². The largest absolute Gasteiger partial charge is 0.480 e. The Morgan fingerprint density at radius 2 is 2.11 bits per heavy atom. The lowest BCUT2D eigenvalue weighted by Gasteiger charge is -2.25. The van der Waals surface area contributed by atoms with Crippen molar-refractivity contribution in [2.45, 2.75) is 25.8 Å². The maximum Gasteiger partial charge on any atom is 0.328 e. The second-order valence-corrected chi connectivity index (χ2v) is 4.85. The van der Waals surface area contributed by atoms with Crippen molar-refractivity contribution in [1.82, 2.24) is 15.2 Å². The molecule has 0 aliphatic rings. The van der Waals surface area contributed by atoms with Crippen molar-refractivity contribution in [3.63, 3.8) is 0 Å². The number of rotatable bonds is 5. The van der Waals surface area contributed by atoms with Crippen LogP contribution in [0.15, 0.2) is 24.4 Å². The van der Waals surface area contributed by atoms with Crippen LogP contribution >= 0.6 is 0 Å². The standard InChI is InChI=1S/C13H19N3O3/c1-13(2,11(17)18)15-12(19)16(3)9-7-10-6-4-5-8-14-10/h4-6,8H,7,9H2,1-3H3,(H,15,19)(H,17,18). The van der Waals surface area contributed by atoms with Gasteiger partial charge in [0.05, 0.1) is 0 Å². The molecule has 104 valence electrons. The van der Waals surface area contributed by atoms with Gasteiger partial charge in [0.25, 0.3) is 0 Å². The van der Waals surface area contributed by atoms with E-state index in [1.807, 2.05) is 18.2 Å². The number of aromatic nitrogens is 1. The fourth-order valence-electron chi connectivity index (χ4n) is 1.35. The van der Waals surface area contributed by atoms with E-state index in [0.29, 0.717) is 13.0 Å². The highest BCUT2D eigenvalue weighted by atomic mass is 16.4. The van der Waals surface area contributed by atoms with Crippen LogP contribution < -0.4 is 5.32 Å². The Balaban J connectivity index is 2.48. The molecule has 0 aromatic carbocycles. The molecule has 1 aromatic rings. The van der Waals surface area contributed by atoms with E-state index < -0.39 is 17.5 Å². The van der Waals surface area contributed by atoms with E-state index in [1.165, 1.54) is 18.7 Å². The fraction of sp³-hybridized carbons (Fsp3) is 0.462. The molecule has 0 fully saturated rings. The van der Waals surface area contributed by atoms with Gasteiger partial charge in [0, 0.05) is 31.9 Å². The summed E-state index contributed by atoms with van der Waals surface area (Å²) in [7, 11) is 1.62. The van der Waals surface area contributed by atoms with Gasteiger partial charge in [0.2, 0.25) is 0 Å². The summed E-state index contributed by atoms with van der Waals surface area (Å²) in [5.41, 5.74) is -0.393. The van der Waals surface area contributed by atoms with Gasteiger partial charge < -0.3 is 15.3 Å². The Bertz CT molecular complexity index is 446. The second kappa shape index (κ2) is 6.17. The molecule has 0 radical (unpaired) electrons. The first-order chi connectivity index (χ1) is 8.83. The molecule has 1 aromatic heterocycles. The highest BCUT2D eigenvalue weighted by molar-refractivity contribution is 5.85. The molecule has 0 saturated carbocycles. The number of likely N-dealkylation sites (N-methyl/N-ethyl adjacent to an activating group) is 1. The summed E-state index contributed by atoms with van der Waals surface area (Å²) in [5.74, 6) is -1.07. The smallest absolute Gasteiger partial charge is 0.328 e. The number of aliphatic carboxylic acids is 1. The molecule has 1 heterocycles. The minimum atomic E-state index is -1.28. The molecular formula is C13H19N3O3. The van der Waals surface area contributed by atoms with Crippen molar-refractivity contribution >= 4 is 12.0 Å². The minimum Gasteiger partial charge on any atom is -0.480 e. The summed E-state index contributed by atoms with van der Waals surface area (Å²) in [6.45, 7) is 3.36. The quantitative estimate of drug-likeness (QED) is 0.836. The summed E-state index contributed by atoms with van der Waals surface area (Å²) in [6.07, 6.45) is 2.32. The van der Waals surface area contributed by atoms with Gasteiger partial charge in [0.1, 0.15) is 5.54 Å². The topological polar surface area (TPSA) is 82.5 Å². The van der Waals surface area contributed by atoms with Crippen LogP contribution in [-0.2, 0) is 11.2 Å². The van der Waals surface area contributed by atoms with E-state index in [-0.39, 0.29) is 0 Å². The summed E-state index contributed by atoms with van der Waals surface area (Å²) in [6, 6.07) is 5.18. The van der Waals surface area contributed by atoms with Gasteiger partial charge in [-0.05, 0) is 26.0 Å². The van der Waals surface area contributed by atoms with Crippen LogP contribution in [0, 0.1) is 0 Å². The number of nitrogens with zero attached hydrogens (tertiary/aromatic N) is 2. The van der Waals surface area contributed by atoms with Crippen molar-refractivity contribution in [1.29, 1.82) is 0 Å². The van der Waals surface area contributed by atoms with Crippen molar-refractivity contribution in [3.05, 3.63) is 30.1 Å². The predicted octanol–water partition coefficient (Wildman–Crippen LogP) is 1.13. The van der Waals surface area contributed by atoms with E-state index >= 15 is 0 Å². The van der Waals surface area contributed by atoms with Crippen LogP contribution in [0.2, 0.25) is 0 Å². The Hall–Kier alpha value is -2.11. The SMILES string of the molecule is CN(CCc1ccccn1)C(=O)NC(C)(C)C(=O)O. The lowest BCUT2D eigenvalue weighted by Crippen LogP contribution is -2.53. The zero-order chi connectivity index (χ0) is 14.5. The third kappa shape index (κ3) is 4.57. The molecule has 0 aliphatic carbocycles. The van der Waals surface area contributed by atoms with Crippen molar-refractivity contribution in [3.8, 4) is 0 Å². The molecule has 6 nitrogen and oxygen atoms in total. The van der Waals surface area contributed by atoms with Gasteiger partial charge in [-0.2, -0.15) is 0 Å². The Morgan fingerprint density at radius 1 is 1.42 bits per heavy atom. The number of amides is 2. The molecule has 1 rings (SSSR count). The van der Waals surface area contributed by atoms with E-state index in [0.717, 1.165) is 5.69 Å².